The summed E-state index contributed by atoms with van der Waals surface area (Å²) in [6, 6.07) is 17.0. The van der Waals surface area contributed by atoms with Crippen LogP contribution >= 0.6 is 0 Å². The van der Waals surface area contributed by atoms with Gasteiger partial charge in [0, 0.05) is 36.7 Å². The van der Waals surface area contributed by atoms with Gasteiger partial charge in [0.25, 0.3) is 0 Å². The summed E-state index contributed by atoms with van der Waals surface area (Å²) in [5.41, 5.74) is 2.60. The second-order valence-electron chi connectivity index (χ2n) is 6.35. The molecule has 0 aliphatic carbocycles. The summed E-state index contributed by atoms with van der Waals surface area (Å²) in [7, 11) is 0. The van der Waals surface area contributed by atoms with E-state index in [2.05, 4.69) is 17.2 Å². The smallest absolute Gasteiger partial charge is 0.300 e. The summed E-state index contributed by atoms with van der Waals surface area (Å²) >= 11 is 0. The topological polar surface area (TPSA) is 49.4 Å². The van der Waals surface area contributed by atoms with Crippen molar-refractivity contribution in [3.8, 4) is 11.8 Å². The molecule has 1 N–H and O–H groups in total. The minimum atomic E-state index is -0.342. The molecule has 4 nitrogen and oxygen atoms in total. The van der Waals surface area contributed by atoms with Crippen LogP contribution in [0.15, 0.2) is 54.6 Å². The Balaban J connectivity index is 1.49. The molecule has 0 spiro atoms. The van der Waals surface area contributed by atoms with Gasteiger partial charge in [-0.3, -0.25) is 9.59 Å². The minimum absolute atomic E-state index is 0.232. The summed E-state index contributed by atoms with van der Waals surface area (Å²) in [6.45, 7) is 1.79. The molecule has 132 valence electrons. The lowest BCUT2D eigenvalue weighted by molar-refractivity contribution is -0.130. The zero-order valence-electron chi connectivity index (χ0n) is 14.7. The van der Waals surface area contributed by atoms with Gasteiger partial charge in [0.1, 0.15) is 0 Å². The Morgan fingerprint density at radius 3 is 2.35 bits per heavy atom. The van der Waals surface area contributed by atoms with Crippen LogP contribution in [0, 0.1) is 11.8 Å². The fraction of sp³-hybridized carbons (Fsp3) is 0.273. The van der Waals surface area contributed by atoms with Gasteiger partial charge in [0.15, 0.2) is 0 Å². The van der Waals surface area contributed by atoms with Crippen molar-refractivity contribution in [2.24, 2.45) is 0 Å². The third kappa shape index (κ3) is 5.22. The molecule has 0 bridgehead atoms. The maximum atomic E-state index is 12.1. The van der Waals surface area contributed by atoms with E-state index in [-0.39, 0.29) is 11.8 Å². The van der Waals surface area contributed by atoms with E-state index in [1.807, 2.05) is 59.5 Å². The second kappa shape index (κ2) is 8.87. The van der Waals surface area contributed by atoms with Gasteiger partial charge in [-0.05, 0) is 49.1 Å². The maximum Gasteiger partial charge on any atom is 0.300 e. The molecule has 1 aliphatic heterocycles. The highest BCUT2D eigenvalue weighted by atomic mass is 16.2. The highest BCUT2D eigenvalue weighted by Gasteiger charge is 2.17. The fourth-order valence-corrected chi connectivity index (χ4v) is 2.94. The summed E-state index contributed by atoms with van der Waals surface area (Å²) in [5, 5.41) is 2.76. The number of nitrogens with one attached hydrogen (secondary N) is 1. The molecule has 1 heterocycles. The zero-order valence-corrected chi connectivity index (χ0v) is 14.7. The van der Waals surface area contributed by atoms with Crippen LogP contribution in [0.25, 0.3) is 0 Å². The first-order valence-corrected chi connectivity index (χ1v) is 8.95. The van der Waals surface area contributed by atoms with E-state index in [1.54, 1.807) is 0 Å². The Kier molecular flexibility index (Phi) is 6.05. The third-order valence-corrected chi connectivity index (χ3v) is 4.39. The Hall–Kier alpha value is -3.06. The molecular weight excluding hydrogens is 324 g/mol. The monoisotopic (exact) mass is 346 g/mol. The van der Waals surface area contributed by atoms with E-state index in [4.69, 9.17) is 0 Å². The van der Waals surface area contributed by atoms with Gasteiger partial charge in [-0.1, -0.05) is 36.3 Å². The molecule has 3 rings (SSSR count). The number of carbonyl (C=O) groups is 2. The Labute approximate surface area is 154 Å². The standard InChI is InChI=1S/C22H22N2O2/c25-21(14-10-18-6-2-1-3-7-18)23-20-12-8-19(9-13-20)11-15-22(26)24-16-4-5-17-24/h1-3,6-9,12-13H,4-5,11,15-17H2,(H,23,25). The van der Waals surface area contributed by atoms with Gasteiger partial charge in [-0.15, -0.1) is 0 Å². The van der Waals surface area contributed by atoms with Gasteiger partial charge in [0.2, 0.25) is 5.91 Å². The molecule has 0 saturated carbocycles. The molecule has 0 aromatic heterocycles. The maximum absolute atomic E-state index is 12.1. The highest BCUT2D eigenvalue weighted by Crippen LogP contribution is 2.14. The van der Waals surface area contributed by atoms with Crippen LogP contribution < -0.4 is 5.32 Å². The lowest BCUT2D eigenvalue weighted by Crippen LogP contribution is -2.27. The molecule has 0 unspecified atom stereocenters. The highest BCUT2D eigenvalue weighted by molar-refractivity contribution is 6.04. The second-order valence-corrected chi connectivity index (χ2v) is 6.35. The van der Waals surface area contributed by atoms with Crippen molar-refractivity contribution in [1.29, 1.82) is 0 Å². The van der Waals surface area contributed by atoms with Crippen molar-refractivity contribution in [1.82, 2.24) is 4.90 Å². The molecule has 1 saturated heterocycles. The van der Waals surface area contributed by atoms with Gasteiger partial charge in [-0.25, -0.2) is 0 Å². The van der Waals surface area contributed by atoms with Gasteiger partial charge >= 0.3 is 5.91 Å². The molecule has 1 aliphatic rings. The molecule has 0 atom stereocenters. The van der Waals surface area contributed by atoms with Gasteiger partial charge in [0.05, 0.1) is 0 Å². The van der Waals surface area contributed by atoms with Crippen molar-refractivity contribution in [3.63, 3.8) is 0 Å². The number of likely N-dealkylation sites (tertiary alicyclic amines) is 1. The lowest BCUT2D eigenvalue weighted by atomic mass is 10.1. The molecular formula is C22H22N2O2. The number of amides is 2. The number of benzene rings is 2. The van der Waals surface area contributed by atoms with Gasteiger partial charge < -0.3 is 10.2 Å². The predicted octanol–water partition coefficient (Wildman–Crippen LogP) is 3.23. The zero-order chi connectivity index (χ0) is 18.2. The predicted molar refractivity (Wildman–Crippen MR) is 103 cm³/mol. The Morgan fingerprint density at radius 1 is 0.962 bits per heavy atom. The molecule has 2 aromatic rings. The fourth-order valence-electron chi connectivity index (χ4n) is 2.94. The molecule has 0 radical (unpaired) electrons. The molecule has 4 heteroatoms. The van der Waals surface area contributed by atoms with E-state index < -0.39 is 0 Å². The quantitative estimate of drug-likeness (QED) is 0.864. The largest absolute Gasteiger partial charge is 0.343 e. The number of hydrogen-bond donors (Lipinski definition) is 1. The van der Waals surface area contributed by atoms with Crippen molar-refractivity contribution in [2.75, 3.05) is 18.4 Å². The molecule has 26 heavy (non-hydrogen) atoms. The summed E-state index contributed by atoms with van der Waals surface area (Å²) in [5.74, 6) is 5.31. The van der Waals surface area contributed by atoms with Crippen molar-refractivity contribution in [3.05, 3.63) is 65.7 Å². The number of carbonyl (C=O) groups excluding carboxylic acids is 2. The van der Waals surface area contributed by atoms with Crippen LogP contribution in [0.3, 0.4) is 0 Å². The van der Waals surface area contributed by atoms with Crippen LogP contribution in [0.1, 0.15) is 30.4 Å². The lowest BCUT2D eigenvalue weighted by Gasteiger charge is -2.14. The summed E-state index contributed by atoms with van der Waals surface area (Å²) in [6.07, 6.45) is 3.49. The molecule has 2 amide bonds. The van der Waals surface area contributed by atoms with Crippen molar-refractivity contribution >= 4 is 17.5 Å². The first kappa shape index (κ1) is 17.8. The van der Waals surface area contributed by atoms with Crippen LogP contribution in [0.2, 0.25) is 0 Å². The SMILES string of the molecule is O=C(C#Cc1ccccc1)Nc1ccc(CCC(=O)N2CCCC2)cc1. The molecule has 2 aromatic carbocycles. The molecule has 1 fully saturated rings. The van der Waals surface area contributed by atoms with Gasteiger partial charge in [-0.2, -0.15) is 0 Å². The average molecular weight is 346 g/mol. The van der Waals surface area contributed by atoms with E-state index in [0.29, 0.717) is 12.1 Å². The Morgan fingerprint density at radius 2 is 1.65 bits per heavy atom. The van der Waals surface area contributed by atoms with Crippen LogP contribution in [-0.2, 0) is 16.0 Å². The Bertz CT molecular complexity index is 811. The summed E-state index contributed by atoms with van der Waals surface area (Å²) < 4.78 is 0. The van der Waals surface area contributed by atoms with Crippen LogP contribution in [0.5, 0.6) is 0 Å². The van der Waals surface area contributed by atoms with E-state index >= 15 is 0 Å². The number of anilines is 1. The first-order valence-electron chi connectivity index (χ1n) is 8.95. The third-order valence-electron chi connectivity index (χ3n) is 4.39. The first-order chi connectivity index (χ1) is 12.7. The van der Waals surface area contributed by atoms with E-state index in [0.717, 1.165) is 43.5 Å². The minimum Gasteiger partial charge on any atom is -0.343 e. The number of hydrogen-bond acceptors (Lipinski definition) is 2. The van der Waals surface area contributed by atoms with E-state index in [9.17, 15) is 9.59 Å². The number of rotatable bonds is 4. The van der Waals surface area contributed by atoms with Crippen LogP contribution in [0.4, 0.5) is 5.69 Å². The van der Waals surface area contributed by atoms with Crippen molar-refractivity contribution < 1.29 is 9.59 Å². The van der Waals surface area contributed by atoms with E-state index in [1.165, 1.54) is 0 Å². The van der Waals surface area contributed by atoms with Crippen molar-refractivity contribution in [2.45, 2.75) is 25.7 Å². The normalized spacial score (nSPS) is 13.0. The number of aryl methyl sites for hydroxylation is 1. The summed E-state index contributed by atoms with van der Waals surface area (Å²) in [4.78, 5) is 25.9. The average Bonchev–Trinajstić information content (AvgIpc) is 3.21. The van der Waals surface area contributed by atoms with Crippen LogP contribution in [-0.4, -0.2) is 29.8 Å². The number of nitrogens with zero attached hydrogens (tertiary/aromatic N) is 1.